The van der Waals surface area contributed by atoms with E-state index < -0.39 is 22.8 Å². The van der Waals surface area contributed by atoms with Crippen molar-refractivity contribution in [2.75, 3.05) is 24.5 Å². The number of imidazole rings is 1. The molecular formula is C22H21F5N8OS. The molecule has 0 saturated carbocycles. The van der Waals surface area contributed by atoms with Gasteiger partial charge in [0.05, 0.1) is 5.52 Å². The van der Waals surface area contributed by atoms with Crippen LogP contribution in [0.4, 0.5) is 27.0 Å². The number of aromatic amines is 1. The van der Waals surface area contributed by atoms with Gasteiger partial charge in [0.15, 0.2) is 17.5 Å². The summed E-state index contributed by atoms with van der Waals surface area (Å²) in [6.07, 6.45) is -4.71. The van der Waals surface area contributed by atoms with E-state index in [4.69, 9.17) is 0 Å². The van der Waals surface area contributed by atoms with E-state index in [9.17, 15) is 26.7 Å². The van der Waals surface area contributed by atoms with Gasteiger partial charge in [0.1, 0.15) is 34.4 Å². The van der Waals surface area contributed by atoms with E-state index in [-0.39, 0.29) is 65.7 Å². The fourth-order valence-corrected chi connectivity index (χ4v) is 5.34. The molecule has 1 aliphatic rings. The molecule has 1 aliphatic heterocycles. The topological polar surface area (TPSA) is 95.8 Å². The summed E-state index contributed by atoms with van der Waals surface area (Å²) in [5.74, 6) is -1.46. The van der Waals surface area contributed by atoms with Crippen LogP contribution in [0.2, 0.25) is 0 Å². The highest BCUT2D eigenvalue weighted by Crippen LogP contribution is 2.43. The standard InChI is InChI=1S/C22H21F5N8OS/c1-10-8-33(6-7-34(10)15(36)9-35-12(3)28-11(2)32-35)20-18(31-21(37-20)22(25,26)27)19-29-14-5-4-13(23)16(24)17(14)30-19/h4-5,10H,6-9H2,1-3H3,(H,29,30). The number of alkyl halides is 3. The van der Waals surface area contributed by atoms with E-state index in [1.807, 2.05) is 0 Å². The SMILES string of the molecule is Cc1nc(C)n(CC(=O)N2CCN(c3sc(C(F)(F)F)nc3-c3nc4c(F)c(F)ccc4[nH]3)CC2C)n1. The molecule has 1 unspecified atom stereocenters. The molecule has 1 saturated heterocycles. The van der Waals surface area contributed by atoms with Crippen LogP contribution in [0.1, 0.15) is 23.6 Å². The number of aryl methyl sites for hydroxylation is 2. The molecule has 196 valence electrons. The average molecular weight is 541 g/mol. The van der Waals surface area contributed by atoms with Crippen LogP contribution in [0.3, 0.4) is 0 Å². The van der Waals surface area contributed by atoms with E-state index in [0.717, 1.165) is 6.07 Å². The summed E-state index contributed by atoms with van der Waals surface area (Å²) >= 11 is 0.440. The Morgan fingerprint density at radius 1 is 1.16 bits per heavy atom. The first kappa shape index (κ1) is 25.0. The highest BCUT2D eigenvalue weighted by Gasteiger charge is 2.39. The molecule has 0 bridgehead atoms. The second-order valence-corrected chi connectivity index (χ2v) is 9.74. The van der Waals surface area contributed by atoms with Gasteiger partial charge < -0.3 is 14.8 Å². The number of H-pyrrole nitrogens is 1. The summed E-state index contributed by atoms with van der Waals surface area (Å²) in [7, 11) is 0. The Labute approximate surface area is 210 Å². The first-order valence-electron chi connectivity index (χ1n) is 11.3. The zero-order valence-electron chi connectivity index (χ0n) is 19.9. The number of benzene rings is 1. The summed E-state index contributed by atoms with van der Waals surface area (Å²) < 4.78 is 70.2. The molecule has 1 N–H and O–H groups in total. The fraction of sp³-hybridized carbons (Fsp3) is 0.409. The van der Waals surface area contributed by atoms with Crippen LogP contribution in [0.5, 0.6) is 0 Å². The maximum Gasteiger partial charge on any atom is 0.443 e. The molecule has 15 heteroatoms. The van der Waals surface area contributed by atoms with Crippen molar-refractivity contribution in [3.8, 4) is 11.5 Å². The highest BCUT2D eigenvalue weighted by molar-refractivity contribution is 7.16. The maximum absolute atomic E-state index is 14.2. The molecule has 0 spiro atoms. The number of carbonyl (C=O) groups excluding carboxylic acids is 1. The number of halogens is 5. The van der Waals surface area contributed by atoms with Gasteiger partial charge >= 0.3 is 6.18 Å². The largest absolute Gasteiger partial charge is 0.443 e. The fourth-order valence-electron chi connectivity index (χ4n) is 4.37. The number of nitrogens with one attached hydrogen (secondary N) is 1. The molecule has 4 heterocycles. The Hall–Kier alpha value is -3.62. The summed E-state index contributed by atoms with van der Waals surface area (Å²) in [6.45, 7) is 6.00. The molecule has 1 aromatic carbocycles. The zero-order valence-corrected chi connectivity index (χ0v) is 20.7. The number of piperazine rings is 1. The first-order chi connectivity index (χ1) is 17.4. The quantitative estimate of drug-likeness (QED) is 0.394. The van der Waals surface area contributed by atoms with Crippen molar-refractivity contribution in [3.63, 3.8) is 0 Å². The van der Waals surface area contributed by atoms with Crippen molar-refractivity contribution in [2.45, 2.75) is 39.5 Å². The first-order valence-corrected chi connectivity index (χ1v) is 12.1. The molecule has 9 nitrogen and oxygen atoms in total. The molecule has 3 aromatic heterocycles. The predicted octanol–water partition coefficient (Wildman–Crippen LogP) is 3.93. The molecule has 37 heavy (non-hydrogen) atoms. The number of hydrogen-bond donors (Lipinski definition) is 1. The summed E-state index contributed by atoms with van der Waals surface area (Å²) in [5.41, 5.74) is -0.317. The maximum atomic E-state index is 14.2. The number of anilines is 1. The van der Waals surface area contributed by atoms with Crippen LogP contribution in [-0.2, 0) is 17.5 Å². The minimum atomic E-state index is -4.71. The number of aromatic nitrogens is 6. The molecule has 0 aliphatic carbocycles. The Morgan fingerprint density at radius 2 is 1.92 bits per heavy atom. The van der Waals surface area contributed by atoms with E-state index in [2.05, 4.69) is 25.0 Å². The zero-order chi connectivity index (χ0) is 26.6. The van der Waals surface area contributed by atoms with Crippen molar-refractivity contribution in [3.05, 3.63) is 40.4 Å². The van der Waals surface area contributed by atoms with Gasteiger partial charge in [0.25, 0.3) is 0 Å². The van der Waals surface area contributed by atoms with E-state index in [1.165, 1.54) is 10.7 Å². The Balaban J connectivity index is 1.43. The number of rotatable bonds is 4. The van der Waals surface area contributed by atoms with E-state index in [1.54, 1.807) is 30.6 Å². The van der Waals surface area contributed by atoms with Crippen molar-refractivity contribution in [2.24, 2.45) is 0 Å². The highest BCUT2D eigenvalue weighted by atomic mass is 32.1. The van der Waals surface area contributed by atoms with Crippen LogP contribution in [0, 0.1) is 25.5 Å². The minimum Gasteiger partial charge on any atom is -0.358 e. The number of hydrogen-bond acceptors (Lipinski definition) is 7. The third-order valence-electron chi connectivity index (χ3n) is 6.10. The summed E-state index contributed by atoms with van der Waals surface area (Å²) in [6, 6.07) is 1.83. The molecule has 5 rings (SSSR count). The molecule has 1 fully saturated rings. The van der Waals surface area contributed by atoms with Gasteiger partial charge in [-0.3, -0.25) is 4.79 Å². The van der Waals surface area contributed by atoms with Crippen LogP contribution in [0.25, 0.3) is 22.6 Å². The molecule has 1 atom stereocenters. The van der Waals surface area contributed by atoms with Gasteiger partial charge in [-0.25, -0.2) is 28.4 Å². The van der Waals surface area contributed by atoms with Gasteiger partial charge in [-0.15, -0.1) is 0 Å². The Bertz CT molecular complexity index is 1490. The van der Waals surface area contributed by atoms with Crippen LogP contribution < -0.4 is 4.90 Å². The number of fused-ring (bicyclic) bond motifs is 1. The Morgan fingerprint density at radius 3 is 2.57 bits per heavy atom. The summed E-state index contributed by atoms with van der Waals surface area (Å²) in [5, 5.41) is 3.29. The lowest BCUT2D eigenvalue weighted by Gasteiger charge is -2.40. The molecular weight excluding hydrogens is 519 g/mol. The van der Waals surface area contributed by atoms with Crippen molar-refractivity contribution in [1.82, 2.24) is 34.6 Å². The molecule has 4 aromatic rings. The van der Waals surface area contributed by atoms with Gasteiger partial charge in [-0.05, 0) is 32.9 Å². The molecule has 0 radical (unpaired) electrons. The van der Waals surface area contributed by atoms with Crippen molar-refractivity contribution in [1.29, 1.82) is 0 Å². The van der Waals surface area contributed by atoms with E-state index >= 15 is 0 Å². The third kappa shape index (κ3) is 4.63. The second kappa shape index (κ2) is 9.04. The van der Waals surface area contributed by atoms with Crippen molar-refractivity contribution >= 4 is 33.3 Å². The lowest BCUT2D eigenvalue weighted by Crippen LogP contribution is -2.54. The Kier molecular flexibility index (Phi) is 6.12. The lowest BCUT2D eigenvalue weighted by atomic mass is 10.2. The summed E-state index contributed by atoms with van der Waals surface area (Å²) in [4.78, 5) is 31.0. The smallest absolute Gasteiger partial charge is 0.358 e. The van der Waals surface area contributed by atoms with Gasteiger partial charge in [-0.1, -0.05) is 11.3 Å². The van der Waals surface area contributed by atoms with Gasteiger partial charge in [-0.2, -0.15) is 18.3 Å². The predicted molar refractivity (Wildman–Crippen MR) is 125 cm³/mol. The molecule has 1 amide bonds. The van der Waals surface area contributed by atoms with Gasteiger partial charge in [0, 0.05) is 25.7 Å². The van der Waals surface area contributed by atoms with Crippen LogP contribution >= 0.6 is 11.3 Å². The number of thiazole rings is 1. The monoisotopic (exact) mass is 540 g/mol. The lowest BCUT2D eigenvalue weighted by molar-refractivity contribution is -0.137. The number of nitrogens with zero attached hydrogens (tertiary/aromatic N) is 7. The minimum absolute atomic E-state index is 0.00213. The normalized spacial score (nSPS) is 16.7. The van der Waals surface area contributed by atoms with Crippen LogP contribution in [0.15, 0.2) is 12.1 Å². The van der Waals surface area contributed by atoms with Crippen LogP contribution in [-0.4, -0.2) is 66.2 Å². The number of carbonyl (C=O) groups is 1. The van der Waals surface area contributed by atoms with Crippen molar-refractivity contribution < 1.29 is 26.7 Å². The van der Waals surface area contributed by atoms with Gasteiger partial charge in [0.2, 0.25) is 10.9 Å². The van der Waals surface area contributed by atoms with E-state index in [0.29, 0.717) is 23.0 Å². The average Bonchev–Trinajstić information content (AvgIpc) is 3.52. The number of amides is 1. The second-order valence-electron chi connectivity index (χ2n) is 8.76. The third-order valence-corrected chi connectivity index (χ3v) is 7.27.